The van der Waals surface area contributed by atoms with E-state index in [1.807, 2.05) is 73.7 Å². The minimum Gasteiger partial charge on any atom is -0.481 e. The van der Waals surface area contributed by atoms with Crippen molar-refractivity contribution >= 4 is 17.5 Å². The Morgan fingerprint density at radius 3 is 2.44 bits per heavy atom. The summed E-state index contributed by atoms with van der Waals surface area (Å²) in [5.74, 6) is 1.13. The van der Waals surface area contributed by atoms with Crippen LogP contribution in [0.15, 0.2) is 71.3 Å². The molecule has 0 radical (unpaired) electrons. The molecule has 0 atom stereocenters. The maximum atomic E-state index is 11.7. The minimum atomic E-state index is -0.751. The fourth-order valence-corrected chi connectivity index (χ4v) is 4.69. The van der Waals surface area contributed by atoms with Gasteiger partial charge in [-0.1, -0.05) is 59.8 Å². The van der Waals surface area contributed by atoms with Crippen molar-refractivity contribution in [3.8, 4) is 28.3 Å². The first-order valence-electron chi connectivity index (χ1n) is 12.3. The molecule has 2 fully saturated rings. The third-order valence-electron chi connectivity index (χ3n) is 7.26. The standard InChI is InChI=1S/C29H27N3O4/c1-18-26(31-24-10-5-11-25(30-24)35-21-6-4-7-21)27(36-32-18)23-9-3-2-8-22(23)19-12-14-20(15-13-19)29(16-17-29)28(33)34/h2-3,5,8-15,21H,4,6-7,16-17H2,1H3,(H,30,31)(H,33,34). The molecule has 2 aromatic heterocycles. The third-order valence-corrected chi connectivity index (χ3v) is 7.26. The number of rotatable bonds is 8. The number of aromatic nitrogens is 2. The maximum absolute atomic E-state index is 11.7. The number of benzene rings is 2. The van der Waals surface area contributed by atoms with Crippen LogP contribution in [-0.4, -0.2) is 27.3 Å². The molecule has 4 aromatic rings. The van der Waals surface area contributed by atoms with Gasteiger partial charge in [0, 0.05) is 11.6 Å². The van der Waals surface area contributed by atoms with Crippen molar-refractivity contribution in [2.75, 3.05) is 5.32 Å². The molecule has 2 aliphatic carbocycles. The highest BCUT2D eigenvalue weighted by molar-refractivity contribution is 5.89. The van der Waals surface area contributed by atoms with E-state index < -0.39 is 11.4 Å². The van der Waals surface area contributed by atoms with Crippen molar-refractivity contribution in [1.82, 2.24) is 10.1 Å². The van der Waals surface area contributed by atoms with Crippen LogP contribution in [0.5, 0.6) is 5.88 Å². The molecular weight excluding hydrogens is 454 g/mol. The number of pyridine rings is 1. The van der Waals surface area contributed by atoms with E-state index >= 15 is 0 Å². The number of aryl methyl sites for hydroxylation is 1. The highest BCUT2D eigenvalue weighted by Gasteiger charge is 2.51. The molecule has 0 amide bonds. The fraction of sp³-hybridized carbons (Fsp3) is 0.276. The zero-order valence-corrected chi connectivity index (χ0v) is 20.0. The van der Waals surface area contributed by atoms with Crippen LogP contribution in [0, 0.1) is 6.92 Å². The molecule has 6 rings (SSSR count). The summed E-state index contributed by atoms with van der Waals surface area (Å²) in [6.45, 7) is 1.89. The second-order valence-electron chi connectivity index (χ2n) is 9.64. The van der Waals surface area contributed by atoms with Crippen LogP contribution in [0.1, 0.15) is 43.4 Å². The molecule has 0 spiro atoms. The van der Waals surface area contributed by atoms with Crippen molar-refractivity contribution < 1.29 is 19.2 Å². The van der Waals surface area contributed by atoms with Crippen molar-refractivity contribution in [3.05, 3.63) is 78.0 Å². The van der Waals surface area contributed by atoms with Crippen molar-refractivity contribution in [2.24, 2.45) is 0 Å². The smallest absolute Gasteiger partial charge is 0.314 e. The van der Waals surface area contributed by atoms with Crippen molar-refractivity contribution in [1.29, 1.82) is 0 Å². The number of ether oxygens (including phenoxy) is 1. The molecule has 182 valence electrons. The summed E-state index contributed by atoms with van der Waals surface area (Å²) < 4.78 is 11.8. The van der Waals surface area contributed by atoms with Gasteiger partial charge in [0.05, 0.1) is 5.41 Å². The topological polar surface area (TPSA) is 97.5 Å². The highest BCUT2D eigenvalue weighted by atomic mass is 16.5. The van der Waals surface area contributed by atoms with Crippen molar-refractivity contribution in [2.45, 2.75) is 50.5 Å². The van der Waals surface area contributed by atoms with E-state index in [4.69, 9.17) is 9.26 Å². The van der Waals surface area contributed by atoms with Gasteiger partial charge in [-0.05, 0) is 61.8 Å². The van der Waals surface area contributed by atoms with Crippen LogP contribution in [-0.2, 0) is 10.2 Å². The van der Waals surface area contributed by atoms with Crippen molar-refractivity contribution in [3.63, 3.8) is 0 Å². The Balaban J connectivity index is 1.31. The number of carboxylic acids is 1. The van der Waals surface area contributed by atoms with Gasteiger partial charge >= 0.3 is 5.97 Å². The Morgan fingerprint density at radius 2 is 1.78 bits per heavy atom. The second kappa shape index (κ2) is 8.82. The molecule has 2 aromatic carbocycles. The molecule has 0 bridgehead atoms. The molecule has 0 unspecified atom stereocenters. The van der Waals surface area contributed by atoms with E-state index in [-0.39, 0.29) is 6.10 Å². The van der Waals surface area contributed by atoms with Gasteiger partial charge in [-0.15, -0.1) is 0 Å². The molecule has 0 aliphatic heterocycles. The Hall–Kier alpha value is -4.13. The highest BCUT2D eigenvalue weighted by Crippen LogP contribution is 2.49. The van der Waals surface area contributed by atoms with E-state index in [2.05, 4.69) is 15.5 Å². The summed E-state index contributed by atoms with van der Waals surface area (Å²) in [6, 6.07) is 21.5. The lowest BCUT2D eigenvalue weighted by atomic mass is 9.92. The first-order chi connectivity index (χ1) is 17.5. The first kappa shape index (κ1) is 22.3. The van der Waals surface area contributed by atoms with Crippen LogP contribution in [0.3, 0.4) is 0 Å². The fourth-order valence-electron chi connectivity index (χ4n) is 4.69. The summed E-state index contributed by atoms with van der Waals surface area (Å²) in [4.78, 5) is 16.3. The summed E-state index contributed by atoms with van der Waals surface area (Å²) in [5, 5.41) is 17.2. The number of nitrogens with one attached hydrogen (secondary N) is 1. The zero-order chi connectivity index (χ0) is 24.7. The number of hydrogen-bond acceptors (Lipinski definition) is 6. The number of carbonyl (C=O) groups is 1. The lowest BCUT2D eigenvalue weighted by Crippen LogP contribution is -2.24. The van der Waals surface area contributed by atoms with E-state index in [1.165, 1.54) is 6.42 Å². The van der Waals surface area contributed by atoms with E-state index in [0.29, 0.717) is 30.3 Å². The summed E-state index contributed by atoms with van der Waals surface area (Å²) >= 11 is 0. The maximum Gasteiger partial charge on any atom is 0.314 e. The lowest BCUT2D eigenvalue weighted by Gasteiger charge is -2.25. The van der Waals surface area contributed by atoms with Gasteiger partial charge in [0.2, 0.25) is 5.88 Å². The molecule has 0 saturated heterocycles. The Morgan fingerprint density at radius 1 is 1.03 bits per heavy atom. The molecule has 36 heavy (non-hydrogen) atoms. The average molecular weight is 482 g/mol. The largest absolute Gasteiger partial charge is 0.481 e. The van der Waals surface area contributed by atoms with Gasteiger partial charge in [-0.3, -0.25) is 4.79 Å². The van der Waals surface area contributed by atoms with Gasteiger partial charge in [-0.2, -0.15) is 4.98 Å². The van der Waals surface area contributed by atoms with Crippen LogP contribution < -0.4 is 10.1 Å². The summed E-state index contributed by atoms with van der Waals surface area (Å²) in [7, 11) is 0. The SMILES string of the molecule is Cc1noc(-c2ccccc2-c2ccc(C3(C(=O)O)CC3)cc2)c1Nc1cccc(OC2CCC2)n1. The summed E-state index contributed by atoms with van der Waals surface area (Å²) in [5.41, 5.74) is 4.43. The average Bonchev–Trinajstić information content (AvgIpc) is 3.62. The first-order valence-corrected chi connectivity index (χ1v) is 12.3. The van der Waals surface area contributed by atoms with E-state index in [0.717, 1.165) is 46.5 Å². The zero-order valence-electron chi connectivity index (χ0n) is 20.0. The molecule has 2 N–H and O–H groups in total. The molecule has 2 heterocycles. The number of anilines is 2. The molecule has 2 aliphatic rings. The summed E-state index contributed by atoms with van der Waals surface area (Å²) in [6.07, 6.45) is 4.97. The Labute approximate surface area is 209 Å². The van der Waals surface area contributed by atoms with Crippen LogP contribution in [0.25, 0.3) is 22.5 Å². The lowest BCUT2D eigenvalue weighted by molar-refractivity contribution is -0.140. The Kier molecular flexibility index (Phi) is 5.48. The van der Waals surface area contributed by atoms with Crippen LogP contribution in [0.4, 0.5) is 11.5 Å². The predicted molar refractivity (Wildman–Crippen MR) is 136 cm³/mol. The number of hydrogen-bond donors (Lipinski definition) is 2. The number of aliphatic carboxylic acids is 1. The predicted octanol–water partition coefficient (Wildman–Crippen LogP) is 6.50. The monoisotopic (exact) mass is 481 g/mol. The van der Waals surface area contributed by atoms with Crippen LogP contribution in [0.2, 0.25) is 0 Å². The normalized spacial score (nSPS) is 16.2. The van der Waals surface area contributed by atoms with Gasteiger partial charge in [0.25, 0.3) is 0 Å². The van der Waals surface area contributed by atoms with Crippen LogP contribution >= 0.6 is 0 Å². The third kappa shape index (κ3) is 4.00. The number of nitrogens with zero attached hydrogens (tertiary/aromatic N) is 2. The quantitative estimate of drug-likeness (QED) is 0.296. The van der Waals surface area contributed by atoms with Gasteiger partial charge in [0.1, 0.15) is 23.3 Å². The van der Waals surface area contributed by atoms with Gasteiger partial charge in [0.15, 0.2) is 5.76 Å². The van der Waals surface area contributed by atoms with E-state index in [9.17, 15) is 9.90 Å². The number of carboxylic acid groups (broad SMARTS) is 1. The second-order valence-corrected chi connectivity index (χ2v) is 9.64. The molecule has 2 saturated carbocycles. The molecule has 7 nitrogen and oxygen atoms in total. The molecular formula is C29H27N3O4. The van der Waals surface area contributed by atoms with Gasteiger partial charge in [-0.25, -0.2) is 0 Å². The Bertz CT molecular complexity index is 1420. The minimum absolute atomic E-state index is 0.254. The van der Waals surface area contributed by atoms with Gasteiger partial charge < -0.3 is 19.7 Å². The molecule has 7 heteroatoms. The van der Waals surface area contributed by atoms with E-state index in [1.54, 1.807) is 0 Å².